The summed E-state index contributed by atoms with van der Waals surface area (Å²) in [6.07, 6.45) is 1.72. The third kappa shape index (κ3) is 3.42. The van der Waals surface area contributed by atoms with Crippen LogP contribution in [0.1, 0.15) is 21.7 Å². The molecule has 2 aromatic heterocycles. The molecule has 1 amide bonds. The van der Waals surface area contributed by atoms with E-state index in [2.05, 4.69) is 15.3 Å². The number of hydrogen-bond acceptors (Lipinski definition) is 3. The van der Waals surface area contributed by atoms with Gasteiger partial charge in [0, 0.05) is 24.0 Å². The number of carbonyl (C=O) groups excluding carboxylic acids is 1. The van der Waals surface area contributed by atoms with Crippen LogP contribution in [0.3, 0.4) is 0 Å². The molecule has 134 valence electrons. The summed E-state index contributed by atoms with van der Waals surface area (Å²) in [5.74, 6) is 0.246. The molecule has 0 spiro atoms. The zero-order valence-electron chi connectivity index (χ0n) is 14.7. The maximum Gasteiger partial charge on any atom is 0.251 e. The predicted molar refractivity (Wildman–Crippen MR) is 101 cm³/mol. The molecule has 0 aliphatic carbocycles. The number of pyridine rings is 1. The highest BCUT2D eigenvalue weighted by molar-refractivity contribution is 5.94. The van der Waals surface area contributed by atoms with Gasteiger partial charge in [-0.2, -0.15) is 0 Å². The lowest BCUT2D eigenvalue weighted by atomic mass is 10.1. The molecule has 0 aliphatic heterocycles. The molecule has 0 atom stereocenters. The molecule has 0 bridgehead atoms. The lowest BCUT2D eigenvalue weighted by Gasteiger charge is -2.09. The molecule has 27 heavy (non-hydrogen) atoms. The van der Waals surface area contributed by atoms with Crippen molar-refractivity contribution in [1.29, 1.82) is 0 Å². The molecule has 0 radical (unpaired) electrons. The Kier molecular flexibility index (Phi) is 4.38. The van der Waals surface area contributed by atoms with Crippen LogP contribution in [0.2, 0.25) is 0 Å². The Bertz CT molecular complexity index is 1140. The highest BCUT2D eigenvalue weighted by Gasteiger charge is 2.12. The van der Waals surface area contributed by atoms with Crippen LogP contribution < -0.4 is 5.32 Å². The number of carbonyl (C=O) groups is 1. The van der Waals surface area contributed by atoms with Gasteiger partial charge in [0.2, 0.25) is 0 Å². The van der Waals surface area contributed by atoms with Crippen LogP contribution >= 0.6 is 0 Å². The molecular formula is C21H17FN4O. The van der Waals surface area contributed by atoms with E-state index in [1.807, 2.05) is 35.8 Å². The average molecular weight is 360 g/mol. The van der Waals surface area contributed by atoms with Gasteiger partial charge < -0.3 is 5.32 Å². The number of amides is 1. The maximum atomic E-state index is 13.3. The Labute approximate surface area is 155 Å². The van der Waals surface area contributed by atoms with Crippen LogP contribution in [0, 0.1) is 12.7 Å². The van der Waals surface area contributed by atoms with Crippen molar-refractivity contribution in [3.63, 3.8) is 0 Å². The third-order valence-electron chi connectivity index (χ3n) is 4.29. The smallest absolute Gasteiger partial charge is 0.251 e. The molecule has 2 aromatic carbocycles. The molecule has 0 unspecified atom stereocenters. The minimum absolute atomic E-state index is 0.226. The third-order valence-corrected chi connectivity index (χ3v) is 4.29. The van der Waals surface area contributed by atoms with E-state index >= 15 is 0 Å². The van der Waals surface area contributed by atoms with Crippen LogP contribution in [-0.4, -0.2) is 20.4 Å². The van der Waals surface area contributed by atoms with E-state index < -0.39 is 0 Å². The van der Waals surface area contributed by atoms with Gasteiger partial charge in [0.1, 0.15) is 17.2 Å². The summed E-state index contributed by atoms with van der Waals surface area (Å²) >= 11 is 0. The molecule has 0 saturated heterocycles. The number of aryl methyl sites for hydroxylation is 1. The second kappa shape index (κ2) is 6.99. The topological polar surface area (TPSA) is 59.8 Å². The van der Waals surface area contributed by atoms with E-state index in [0.29, 0.717) is 11.1 Å². The van der Waals surface area contributed by atoms with Gasteiger partial charge >= 0.3 is 0 Å². The molecule has 0 fully saturated rings. The molecule has 2 heterocycles. The first-order chi connectivity index (χ1) is 13.1. The van der Waals surface area contributed by atoms with E-state index in [4.69, 9.17) is 0 Å². The number of hydrogen-bond donors (Lipinski definition) is 1. The molecule has 4 aromatic rings. The van der Waals surface area contributed by atoms with Gasteiger partial charge in [0.25, 0.3) is 5.91 Å². The SMILES string of the molecule is Cc1nc2cccnc2n1-c1cccc(C(=O)NCc2cccc(F)c2)c1. The maximum absolute atomic E-state index is 13.3. The van der Waals surface area contributed by atoms with Gasteiger partial charge in [0.05, 0.1) is 0 Å². The number of nitrogens with zero attached hydrogens (tertiary/aromatic N) is 3. The molecular weight excluding hydrogens is 343 g/mol. The van der Waals surface area contributed by atoms with Crippen molar-refractivity contribution in [3.05, 3.63) is 89.6 Å². The fourth-order valence-electron chi connectivity index (χ4n) is 3.05. The summed E-state index contributed by atoms with van der Waals surface area (Å²) in [6.45, 7) is 2.16. The van der Waals surface area contributed by atoms with Gasteiger partial charge in [-0.1, -0.05) is 18.2 Å². The number of nitrogens with one attached hydrogen (secondary N) is 1. The Morgan fingerprint density at radius 3 is 2.81 bits per heavy atom. The van der Waals surface area contributed by atoms with Crippen molar-refractivity contribution in [2.24, 2.45) is 0 Å². The standard InChI is InChI=1S/C21H17FN4O/c1-14-25-19-9-4-10-23-20(19)26(14)18-8-3-6-16(12-18)21(27)24-13-15-5-2-7-17(22)11-15/h2-12H,13H2,1H3,(H,24,27). The number of benzene rings is 2. The number of fused-ring (bicyclic) bond motifs is 1. The quantitative estimate of drug-likeness (QED) is 0.602. The summed E-state index contributed by atoms with van der Waals surface area (Å²) in [6, 6.07) is 17.2. The van der Waals surface area contributed by atoms with E-state index in [-0.39, 0.29) is 18.3 Å². The van der Waals surface area contributed by atoms with Crippen LogP contribution in [-0.2, 0) is 6.54 Å². The van der Waals surface area contributed by atoms with E-state index in [1.54, 1.807) is 30.5 Å². The summed E-state index contributed by atoms with van der Waals surface area (Å²) < 4.78 is 15.2. The lowest BCUT2D eigenvalue weighted by molar-refractivity contribution is 0.0951. The second-order valence-electron chi connectivity index (χ2n) is 6.20. The summed E-state index contributed by atoms with van der Waals surface area (Å²) in [5, 5.41) is 2.82. The highest BCUT2D eigenvalue weighted by Crippen LogP contribution is 2.20. The van der Waals surface area contributed by atoms with Crippen molar-refractivity contribution in [3.8, 4) is 5.69 Å². The number of aromatic nitrogens is 3. The normalized spacial score (nSPS) is 10.9. The summed E-state index contributed by atoms with van der Waals surface area (Å²) in [7, 11) is 0. The van der Waals surface area contributed by atoms with Crippen molar-refractivity contribution in [2.45, 2.75) is 13.5 Å². The van der Waals surface area contributed by atoms with Crippen molar-refractivity contribution in [1.82, 2.24) is 19.9 Å². The predicted octanol–water partition coefficient (Wildman–Crippen LogP) is 3.80. The van der Waals surface area contributed by atoms with Crippen LogP contribution in [0.15, 0.2) is 66.9 Å². The van der Waals surface area contributed by atoms with Crippen molar-refractivity contribution >= 4 is 17.1 Å². The molecule has 4 rings (SSSR count). The Morgan fingerprint density at radius 1 is 1.11 bits per heavy atom. The first-order valence-electron chi connectivity index (χ1n) is 8.55. The van der Waals surface area contributed by atoms with Gasteiger partial charge in [-0.25, -0.2) is 14.4 Å². The lowest BCUT2D eigenvalue weighted by Crippen LogP contribution is -2.23. The van der Waals surface area contributed by atoms with Gasteiger partial charge in [0.15, 0.2) is 5.65 Å². The molecule has 0 saturated carbocycles. The summed E-state index contributed by atoms with van der Waals surface area (Å²) in [4.78, 5) is 21.4. The Morgan fingerprint density at radius 2 is 1.96 bits per heavy atom. The zero-order chi connectivity index (χ0) is 18.8. The van der Waals surface area contributed by atoms with Crippen LogP contribution in [0.25, 0.3) is 16.9 Å². The number of rotatable bonds is 4. The van der Waals surface area contributed by atoms with Gasteiger partial charge in [-0.3, -0.25) is 9.36 Å². The monoisotopic (exact) mass is 360 g/mol. The van der Waals surface area contributed by atoms with Crippen molar-refractivity contribution < 1.29 is 9.18 Å². The average Bonchev–Trinajstić information content (AvgIpc) is 3.02. The number of halogens is 1. The largest absolute Gasteiger partial charge is 0.348 e. The Balaban J connectivity index is 1.60. The summed E-state index contributed by atoms with van der Waals surface area (Å²) in [5.41, 5.74) is 3.58. The fraction of sp³-hybridized carbons (Fsp3) is 0.0952. The Hall–Kier alpha value is -3.54. The zero-order valence-corrected chi connectivity index (χ0v) is 14.7. The molecule has 6 heteroatoms. The van der Waals surface area contributed by atoms with E-state index in [0.717, 1.165) is 22.7 Å². The first-order valence-corrected chi connectivity index (χ1v) is 8.55. The van der Waals surface area contributed by atoms with Gasteiger partial charge in [-0.05, 0) is 55.0 Å². The van der Waals surface area contributed by atoms with E-state index in [9.17, 15) is 9.18 Å². The fourth-order valence-corrected chi connectivity index (χ4v) is 3.05. The van der Waals surface area contributed by atoms with Gasteiger partial charge in [-0.15, -0.1) is 0 Å². The van der Waals surface area contributed by atoms with Crippen LogP contribution in [0.5, 0.6) is 0 Å². The molecule has 0 aliphatic rings. The number of imidazole rings is 1. The minimum Gasteiger partial charge on any atom is -0.348 e. The van der Waals surface area contributed by atoms with E-state index in [1.165, 1.54) is 12.1 Å². The molecule has 5 nitrogen and oxygen atoms in total. The van der Waals surface area contributed by atoms with Crippen molar-refractivity contribution in [2.75, 3.05) is 0 Å². The first kappa shape index (κ1) is 16.9. The molecule has 1 N–H and O–H groups in total. The van der Waals surface area contributed by atoms with Crippen LogP contribution in [0.4, 0.5) is 4.39 Å². The highest BCUT2D eigenvalue weighted by atomic mass is 19.1. The second-order valence-corrected chi connectivity index (χ2v) is 6.20. The minimum atomic E-state index is -0.321.